The lowest BCUT2D eigenvalue weighted by Gasteiger charge is -2.23. The Bertz CT molecular complexity index is 254. The quantitative estimate of drug-likeness (QED) is 0.655. The van der Waals surface area contributed by atoms with E-state index in [2.05, 4.69) is 9.57 Å². The number of hydrogen-bond acceptors (Lipinski definition) is 5. The zero-order valence-electron chi connectivity index (χ0n) is 8.90. The Morgan fingerprint density at radius 2 is 2.07 bits per heavy atom. The number of hydrogen-bond donors (Lipinski definition) is 1. The van der Waals surface area contributed by atoms with Crippen LogP contribution >= 0.6 is 0 Å². The van der Waals surface area contributed by atoms with E-state index in [9.17, 15) is 9.59 Å². The molecule has 1 atom stereocenters. The monoisotopic (exact) mass is 216 g/mol. The van der Waals surface area contributed by atoms with Gasteiger partial charge in [0.05, 0.1) is 6.61 Å². The molecule has 6 heteroatoms. The van der Waals surface area contributed by atoms with E-state index in [1.54, 1.807) is 20.8 Å². The van der Waals surface area contributed by atoms with Gasteiger partial charge in [-0.25, -0.2) is 9.59 Å². The molecule has 1 N–H and O–H groups in total. The Labute approximate surface area is 87.8 Å². The van der Waals surface area contributed by atoms with Crippen LogP contribution in [0.15, 0.2) is 0 Å². The molecule has 1 aliphatic heterocycles. The molecule has 0 saturated carbocycles. The molecule has 1 heterocycles. The minimum Gasteiger partial charge on any atom is -0.442 e. The van der Waals surface area contributed by atoms with Gasteiger partial charge in [0.2, 0.25) is 0 Å². The van der Waals surface area contributed by atoms with Gasteiger partial charge in [-0.3, -0.25) is 0 Å². The van der Waals surface area contributed by atoms with Crippen LogP contribution in [0.3, 0.4) is 0 Å². The van der Waals surface area contributed by atoms with Gasteiger partial charge < -0.3 is 14.3 Å². The molecular weight excluding hydrogens is 202 g/mol. The van der Waals surface area contributed by atoms with Crippen molar-refractivity contribution in [3.63, 3.8) is 0 Å². The van der Waals surface area contributed by atoms with Crippen LogP contribution in [0.4, 0.5) is 4.79 Å². The maximum absolute atomic E-state index is 11.1. The van der Waals surface area contributed by atoms with Gasteiger partial charge in [0, 0.05) is 0 Å². The van der Waals surface area contributed by atoms with Crippen molar-refractivity contribution >= 4 is 12.1 Å². The molecule has 1 unspecified atom stereocenters. The minimum atomic E-state index is -0.795. The Balaban J connectivity index is 2.18. The first-order valence-electron chi connectivity index (χ1n) is 4.53. The van der Waals surface area contributed by atoms with Crippen LogP contribution in [0.5, 0.6) is 0 Å². The van der Waals surface area contributed by atoms with Crippen LogP contribution in [-0.2, 0) is 19.1 Å². The highest BCUT2D eigenvalue weighted by atomic mass is 16.7. The maximum Gasteiger partial charge on any atom is 0.441 e. The number of amides is 1. The van der Waals surface area contributed by atoms with Gasteiger partial charge in [0.25, 0.3) is 0 Å². The fourth-order valence-corrected chi connectivity index (χ4v) is 0.783. The summed E-state index contributed by atoms with van der Waals surface area (Å²) in [6.45, 7) is 6.76. The third kappa shape index (κ3) is 4.16. The highest BCUT2D eigenvalue weighted by Crippen LogP contribution is 2.16. The fourth-order valence-electron chi connectivity index (χ4n) is 0.783. The summed E-state index contributed by atoms with van der Waals surface area (Å²) < 4.78 is 9.52. The van der Waals surface area contributed by atoms with Crippen LogP contribution < -0.4 is 5.48 Å². The molecule has 1 rings (SSSR count). The fraction of sp³-hybridized carbons (Fsp3) is 0.667. The third-order valence-corrected chi connectivity index (χ3v) is 1.47. The predicted octanol–water partition coefficient (Wildman–Crippen LogP) is 0.777. The van der Waals surface area contributed by atoms with Crippen LogP contribution in [-0.4, -0.2) is 24.3 Å². The van der Waals surface area contributed by atoms with E-state index in [1.807, 2.05) is 5.48 Å². The average molecular weight is 216 g/mol. The standard InChI is InChI=1S/C9H14NO5/c1-9(2,3)14-8(12)10-15-7(11)6-4-13-5-6/h4,6H,5H2,1-3H3,(H,10,12). The van der Waals surface area contributed by atoms with E-state index in [0.717, 1.165) is 0 Å². The second kappa shape index (κ2) is 4.48. The van der Waals surface area contributed by atoms with Gasteiger partial charge in [0.15, 0.2) is 0 Å². The van der Waals surface area contributed by atoms with Crippen molar-refractivity contribution in [1.29, 1.82) is 0 Å². The number of carbonyl (C=O) groups is 2. The molecule has 15 heavy (non-hydrogen) atoms. The molecule has 1 aliphatic rings. The van der Waals surface area contributed by atoms with Gasteiger partial charge in [-0.2, -0.15) is 0 Å². The molecule has 1 saturated heterocycles. The molecule has 0 aromatic carbocycles. The van der Waals surface area contributed by atoms with Crippen molar-refractivity contribution < 1.29 is 23.9 Å². The zero-order valence-corrected chi connectivity index (χ0v) is 8.90. The number of rotatable bonds is 1. The number of carbonyl (C=O) groups excluding carboxylic acids is 2. The molecule has 0 aromatic heterocycles. The van der Waals surface area contributed by atoms with E-state index in [4.69, 9.17) is 4.74 Å². The molecule has 0 aromatic rings. The Kier molecular flexibility index (Phi) is 3.52. The average Bonchev–Trinajstić information content (AvgIpc) is 1.94. The minimum absolute atomic E-state index is 0.287. The van der Waals surface area contributed by atoms with E-state index in [0.29, 0.717) is 0 Å². The maximum atomic E-state index is 11.1. The van der Waals surface area contributed by atoms with Gasteiger partial charge in [-0.15, -0.1) is 5.48 Å². The van der Waals surface area contributed by atoms with E-state index in [-0.39, 0.29) is 6.61 Å². The van der Waals surface area contributed by atoms with E-state index >= 15 is 0 Å². The Morgan fingerprint density at radius 3 is 2.47 bits per heavy atom. The molecule has 0 spiro atoms. The van der Waals surface area contributed by atoms with Gasteiger partial charge in [0.1, 0.15) is 18.1 Å². The highest BCUT2D eigenvalue weighted by Gasteiger charge is 2.30. The summed E-state index contributed by atoms with van der Waals surface area (Å²) in [5.74, 6) is -0.966. The van der Waals surface area contributed by atoms with Crippen molar-refractivity contribution in [3.8, 4) is 0 Å². The van der Waals surface area contributed by atoms with E-state index < -0.39 is 23.6 Å². The van der Waals surface area contributed by atoms with Crippen LogP contribution in [0, 0.1) is 12.5 Å². The summed E-state index contributed by atoms with van der Waals surface area (Å²) >= 11 is 0. The second-order valence-electron chi connectivity index (χ2n) is 4.10. The molecule has 0 bridgehead atoms. The van der Waals surface area contributed by atoms with Gasteiger partial charge in [-0.05, 0) is 20.8 Å². The third-order valence-electron chi connectivity index (χ3n) is 1.47. The van der Waals surface area contributed by atoms with Crippen molar-refractivity contribution in [3.05, 3.63) is 6.61 Å². The van der Waals surface area contributed by atoms with Crippen LogP contribution in [0.2, 0.25) is 0 Å². The summed E-state index contributed by atoms with van der Waals surface area (Å²) in [6, 6.07) is 0. The van der Waals surface area contributed by atoms with Gasteiger partial charge in [-0.1, -0.05) is 0 Å². The second-order valence-corrected chi connectivity index (χ2v) is 4.10. The highest BCUT2D eigenvalue weighted by molar-refractivity contribution is 5.76. The summed E-state index contributed by atoms with van der Waals surface area (Å²) in [5, 5.41) is 0. The lowest BCUT2D eigenvalue weighted by Crippen LogP contribution is -2.39. The zero-order chi connectivity index (χ0) is 11.5. The van der Waals surface area contributed by atoms with Crippen molar-refractivity contribution in [2.75, 3.05) is 6.61 Å². The lowest BCUT2D eigenvalue weighted by atomic mass is 10.1. The normalized spacial score (nSPS) is 16.5. The number of nitrogens with one attached hydrogen (secondary N) is 1. The molecular formula is C9H14NO5. The topological polar surface area (TPSA) is 73.9 Å². The SMILES string of the molecule is CC(C)(C)OC(=O)NOC(=O)C1[CH]OC1. The van der Waals surface area contributed by atoms with Crippen LogP contribution in [0.1, 0.15) is 20.8 Å². The largest absolute Gasteiger partial charge is 0.442 e. The lowest BCUT2D eigenvalue weighted by molar-refractivity contribution is -0.163. The molecule has 1 fully saturated rings. The first kappa shape index (κ1) is 11.8. The molecule has 6 nitrogen and oxygen atoms in total. The molecule has 1 radical (unpaired) electrons. The van der Waals surface area contributed by atoms with Crippen molar-refractivity contribution in [2.24, 2.45) is 5.92 Å². The summed E-state index contributed by atoms with van der Waals surface area (Å²) in [6.07, 6.45) is -0.795. The summed E-state index contributed by atoms with van der Waals surface area (Å²) in [7, 11) is 0. The first-order valence-corrected chi connectivity index (χ1v) is 4.53. The molecule has 1 amide bonds. The van der Waals surface area contributed by atoms with Crippen LogP contribution in [0.25, 0.3) is 0 Å². The Hall–Kier alpha value is -1.30. The Morgan fingerprint density at radius 1 is 1.47 bits per heavy atom. The predicted molar refractivity (Wildman–Crippen MR) is 49.2 cm³/mol. The van der Waals surface area contributed by atoms with E-state index in [1.165, 1.54) is 6.61 Å². The summed E-state index contributed by atoms with van der Waals surface area (Å²) in [4.78, 5) is 26.6. The first-order chi connectivity index (χ1) is 6.88. The molecule has 0 aliphatic carbocycles. The summed E-state index contributed by atoms with van der Waals surface area (Å²) in [5.41, 5.74) is 1.28. The molecule has 85 valence electrons. The smallest absolute Gasteiger partial charge is 0.441 e. The van der Waals surface area contributed by atoms with Crippen molar-refractivity contribution in [1.82, 2.24) is 5.48 Å². The number of ether oxygens (including phenoxy) is 2. The van der Waals surface area contributed by atoms with Crippen molar-refractivity contribution in [2.45, 2.75) is 26.4 Å². The van der Waals surface area contributed by atoms with Gasteiger partial charge >= 0.3 is 12.1 Å². The number of hydroxylamine groups is 1.